The first-order valence-electron chi connectivity index (χ1n) is 6.49. The topological polar surface area (TPSA) is 63.3 Å². The minimum atomic E-state index is -0.677. The molecule has 0 fully saturated rings. The molecule has 0 aromatic heterocycles. The predicted molar refractivity (Wildman–Crippen MR) is 67.3 cm³/mol. The quantitative estimate of drug-likeness (QED) is 0.566. The molecule has 0 amide bonds. The number of rotatable bonds is 10. The lowest BCUT2D eigenvalue weighted by molar-refractivity contribution is -0.137. The second-order valence-corrected chi connectivity index (χ2v) is 4.93. The minimum absolute atomic E-state index is 0.313. The number of hydrogen-bond donors (Lipinski definition) is 2. The van der Waals surface area contributed by atoms with Gasteiger partial charge in [-0.2, -0.15) is 0 Å². The molecular weight excluding hydrogens is 202 g/mol. The second kappa shape index (κ2) is 9.64. The molecule has 0 aliphatic rings. The Balaban J connectivity index is 3.63. The number of hydrogen-bond acceptors (Lipinski definition) is 2. The normalized spacial score (nSPS) is 13.0. The molecule has 0 bridgehead atoms. The number of carboxylic acids is 1. The Morgan fingerprint density at radius 1 is 1.12 bits per heavy atom. The zero-order valence-electron chi connectivity index (χ0n) is 10.7. The van der Waals surface area contributed by atoms with Crippen LogP contribution in [0.5, 0.6) is 0 Å². The van der Waals surface area contributed by atoms with Crippen LogP contribution < -0.4 is 5.73 Å². The summed E-state index contributed by atoms with van der Waals surface area (Å²) in [6.07, 6.45) is 6.88. The highest BCUT2D eigenvalue weighted by Crippen LogP contribution is 2.24. The Morgan fingerprint density at radius 2 is 1.69 bits per heavy atom. The molecule has 1 atom stereocenters. The maximum absolute atomic E-state index is 10.4. The lowest BCUT2D eigenvalue weighted by Crippen LogP contribution is -2.10. The van der Waals surface area contributed by atoms with E-state index in [1.807, 2.05) is 0 Å². The van der Waals surface area contributed by atoms with Gasteiger partial charge in [0.15, 0.2) is 0 Å². The van der Waals surface area contributed by atoms with Crippen LogP contribution in [0.4, 0.5) is 0 Å². The zero-order chi connectivity index (χ0) is 12.4. The highest BCUT2D eigenvalue weighted by atomic mass is 16.4. The summed E-state index contributed by atoms with van der Waals surface area (Å²) >= 11 is 0. The Morgan fingerprint density at radius 3 is 2.12 bits per heavy atom. The van der Waals surface area contributed by atoms with Crippen LogP contribution in [0, 0.1) is 11.8 Å². The van der Waals surface area contributed by atoms with Gasteiger partial charge in [-0.05, 0) is 31.2 Å². The fraction of sp³-hybridized carbons (Fsp3) is 0.923. The molecule has 3 nitrogen and oxygen atoms in total. The van der Waals surface area contributed by atoms with Crippen molar-refractivity contribution in [1.82, 2.24) is 0 Å². The van der Waals surface area contributed by atoms with Gasteiger partial charge in [0.05, 0.1) is 0 Å². The Labute approximate surface area is 99.4 Å². The van der Waals surface area contributed by atoms with Crippen LogP contribution in [0.1, 0.15) is 58.8 Å². The molecule has 0 aromatic carbocycles. The van der Waals surface area contributed by atoms with Crippen molar-refractivity contribution in [3.8, 4) is 0 Å². The Kier molecular flexibility index (Phi) is 9.30. The predicted octanol–water partition coefficient (Wildman–Crippen LogP) is 3.03. The van der Waals surface area contributed by atoms with Gasteiger partial charge in [-0.3, -0.25) is 4.79 Å². The molecule has 0 rings (SSSR count). The van der Waals surface area contributed by atoms with Gasteiger partial charge in [0, 0.05) is 6.42 Å². The first kappa shape index (κ1) is 15.4. The van der Waals surface area contributed by atoms with Gasteiger partial charge in [-0.1, -0.05) is 39.5 Å². The van der Waals surface area contributed by atoms with E-state index in [4.69, 9.17) is 10.8 Å². The van der Waals surface area contributed by atoms with E-state index >= 15 is 0 Å². The maximum Gasteiger partial charge on any atom is 0.303 e. The van der Waals surface area contributed by atoms with Crippen molar-refractivity contribution in [1.29, 1.82) is 0 Å². The molecule has 0 heterocycles. The smallest absolute Gasteiger partial charge is 0.303 e. The molecule has 0 aliphatic heterocycles. The lowest BCUT2D eigenvalue weighted by Gasteiger charge is -2.20. The Bertz CT molecular complexity index is 181. The summed E-state index contributed by atoms with van der Waals surface area (Å²) in [5.41, 5.74) is 5.48. The fourth-order valence-corrected chi connectivity index (χ4v) is 2.04. The summed E-state index contributed by atoms with van der Waals surface area (Å²) in [4.78, 5) is 10.4. The van der Waals surface area contributed by atoms with Crippen molar-refractivity contribution in [2.45, 2.75) is 58.8 Å². The van der Waals surface area contributed by atoms with Gasteiger partial charge in [0.25, 0.3) is 0 Å². The monoisotopic (exact) mass is 229 g/mol. The molecule has 0 radical (unpaired) electrons. The lowest BCUT2D eigenvalue weighted by atomic mass is 9.86. The summed E-state index contributed by atoms with van der Waals surface area (Å²) in [7, 11) is 0. The van der Waals surface area contributed by atoms with Crippen molar-refractivity contribution >= 4 is 5.97 Å². The van der Waals surface area contributed by atoms with E-state index in [9.17, 15) is 4.79 Å². The number of carboxylic acid groups (broad SMARTS) is 1. The molecule has 96 valence electrons. The van der Waals surface area contributed by atoms with Gasteiger partial charge in [0.2, 0.25) is 0 Å². The van der Waals surface area contributed by atoms with Gasteiger partial charge >= 0.3 is 5.97 Å². The summed E-state index contributed by atoms with van der Waals surface area (Å²) in [5.74, 6) is 0.757. The SMILES string of the molecule is CC(C)C(CCCCN)CCCCC(=O)O. The van der Waals surface area contributed by atoms with Gasteiger partial charge < -0.3 is 10.8 Å². The van der Waals surface area contributed by atoms with Gasteiger partial charge in [-0.15, -0.1) is 0 Å². The van der Waals surface area contributed by atoms with E-state index in [1.54, 1.807) is 0 Å². The van der Waals surface area contributed by atoms with E-state index < -0.39 is 5.97 Å². The molecule has 0 aliphatic carbocycles. The van der Waals surface area contributed by atoms with Gasteiger partial charge in [-0.25, -0.2) is 0 Å². The third kappa shape index (κ3) is 8.72. The highest BCUT2D eigenvalue weighted by molar-refractivity contribution is 5.66. The molecule has 0 spiro atoms. The number of unbranched alkanes of at least 4 members (excludes halogenated alkanes) is 2. The van der Waals surface area contributed by atoms with E-state index in [-0.39, 0.29) is 0 Å². The van der Waals surface area contributed by atoms with E-state index in [1.165, 1.54) is 12.8 Å². The summed E-state index contributed by atoms with van der Waals surface area (Å²) < 4.78 is 0. The summed E-state index contributed by atoms with van der Waals surface area (Å²) in [6.45, 7) is 5.29. The molecule has 16 heavy (non-hydrogen) atoms. The third-order valence-corrected chi connectivity index (χ3v) is 3.19. The Hall–Kier alpha value is -0.570. The van der Waals surface area contributed by atoms with Crippen molar-refractivity contribution in [3.63, 3.8) is 0 Å². The van der Waals surface area contributed by atoms with Crippen LogP contribution in [-0.4, -0.2) is 17.6 Å². The maximum atomic E-state index is 10.4. The van der Waals surface area contributed by atoms with Crippen molar-refractivity contribution in [2.75, 3.05) is 6.54 Å². The third-order valence-electron chi connectivity index (χ3n) is 3.19. The van der Waals surface area contributed by atoms with Crippen LogP contribution in [0.2, 0.25) is 0 Å². The number of carbonyl (C=O) groups is 1. The second-order valence-electron chi connectivity index (χ2n) is 4.93. The summed E-state index contributed by atoms with van der Waals surface area (Å²) in [5, 5.41) is 8.55. The molecule has 3 heteroatoms. The van der Waals surface area contributed by atoms with Crippen molar-refractivity contribution in [3.05, 3.63) is 0 Å². The highest BCUT2D eigenvalue weighted by Gasteiger charge is 2.12. The van der Waals surface area contributed by atoms with E-state index in [0.29, 0.717) is 12.3 Å². The minimum Gasteiger partial charge on any atom is -0.481 e. The van der Waals surface area contributed by atoms with Crippen molar-refractivity contribution in [2.24, 2.45) is 17.6 Å². The van der Waals surface area contributed by atoms with Crippen molar-refractivity contribution < 1.29 is 9.90 Å². The van der Waals surface area contributed by atoms with Crippen LogP contribution in [0.15, 0.2) is 0 Å². The molecule has 0 saturated heterocycles. The van der Waals surface area contributed by atoms with Crippen LogP contribution in [0.3, 0.4) is 0 Å². The van der Waals surface area contributed by atoms with Crippen LogP contribution in [-0.2, 0) is 4.79 Å². The molecule has 1 unspecified atom stereocenters. The zero-order valence-corrected chi connectivity index (χ0v) is 10.7. The average molecular weight is 229 g/mol. The van der Waals surface area contributed by atoms with E-state index in [0.717, 1.165) is 38.1 Å². The first-order valence-corrected chi connectivity index (χ1v) is 6.49. The standard InChI is InChI=1S/C13H27NO2/c1-11(2)12(8-5-6-10-14)7-3-4-9-13(15)16/h11-12H,3-10,14H2,1-2H3,(H,15,16). The van der Waals surface area contributed by atoms with Gasteiger partial charge in [0.1, 0.15) is 0 Å². The number of aliphatic carboxylic acids is 1. The molecule has 3 N–H and O–H groups in total. The fourth-order valence-electron chi connectivity index (χ4n) is 2.04. The molecule has 0 saturated carbocycles. The average Bonchev–Trinajstić information content (AvgIpc) is 2.21. The first-order chi connectivity index (χ1) is 7.57. The molecule has 0 aromatic rings. The van der Waals surface area contributed by atoms with E-state index in [2.05, 4.69) is 13.8 Å². The number of nitrogens with two attached hydrogens (primary N) is 1. The van der Waals surface area contributed by atoms with Crippen LogP contribution >= 0.6 is 0 Å². The summed E-state index contributed by atoms with van der Waals surface area (Å²) in [6, 6.07) is 0. The van der Waals surface area contributed by atoms with Crippen LogP contribution in [0.25, 0.3) is 0 Å². The molecular formula is C13H27NO2. The largest absolute Gasteiger partial charge is 0.481 e.